The Labute approximate surface area is 131 Å². The Bertz CT molecular complexity index is 824. The van der Waals surface area contributed by atoms with E-state index in [1.54, 1.807) is 24.3 Å². The van der Waals surface area contributed by atoms with Gasteiger partial charge in [-0.25, -0.2) is 13.6 Å². The molecule has 0 saturated carbocycles. The van der Waals surface area contributed by atoms with Gasteiger partial charge in [0.2, 0.25) is 10.0 Å². The standard InChI is InChI=1S/C13H12ClN3O4S/c14-11-4-2-1-3-9(11)8-16-12-6-5-10(17(18)19)7-13(12)22(15,20)21/h1-7,16H,8H2,(H2,15,20,21). The second-order valence-corrected chi connectivity index (χ2v) is 6.36. The Kier molecular flexibility index (Phi) is 4.65. The van der Waals surface area contributed by atoms with E-state index >= 15 is 0 Å². The zero-order chi connectivity index (χ0) is 16.3. The Morgan fingerprint density at radius 2 is 1.91 bits per heavy atom. The lowest BCUT2D eigenvalue weighted by atomic mass is 10.2. The second kappa shape index (κ2) is 6.30. The van der Waals surface area contributed by atoms with Gasteiger partial charge in [-0.2, -0.15) is 0 Å². The van der Waals surface area contributed by atoms with Crippen LogP contribution in [0.3, 0.4) is 0 Å². The van der Waals surface area contributed by atoms with Crippen molar-refractivity contribution >= 4 is 33.0 Å². The van der Waals surface area contributed by atoms with E-state index in [1.165, 1.54) is 12.1 Å². The zero-order valence-corrected chi connectivity index (χ0v) is 12.8. The number of nitrogens with two attached hydrogens (primary N) is 1. The summed E-state index contributed by atoms with van der Waals surface area (Å²) in [6.45, 7) is 0.250. The maximum absolute atomic E-state index is 11.6. The highest BCUT2D eigenvalue weighted by Gasteiger charge is 2.19. The van der Waals surface area contributed by atoms with Crippen molar-refractivity contribution in [1.29, 1.82) is 0 Å². The number of hydrogen-bond donors (Lipinski definition) is 2. The molecule has 9 heteroatoms. The lowest BCUT2D eigenvalue weighted by Crippen LogP contribution is -2.15. The number of primary sulfonamides is 1. The minimum absolute atomic E-state index is 0.174. The maximum atomic E-state index is 11.6. The van der Waals surface area contributed by atoms with E-state index < -0.39 is 14.9 Å². The van der Waals surface area contributed by atoms with Gasteiger partial charge in [-0.3, -0.25) is 10.1 Å². The molecule has 116 valence electrons. The van der Waals surface area contributed by atoms with Gasteiger partial charge in [-0.1, -0.05) is 29.8 Å². The lowest BCUT2D eigenvalue weighted by Gasteiger charge is -2.11. The fourth-order valence-corrected chi connectivity index (χ4v) is 2.77. The molecule has 0 bridgehead atoms. The van der Waals surface area contributed by atoms with E-state index in [1.807, 2.05) is 0 Å². The average molecular weight is 342 g/mol. The number of nitrogens with one attached hydrogen (secondary N) is 1. The molecule has 22 heavy (non-hydrogen) atoms. The Hall–Kier alpha value is -2.16. The van der Waals surface area contributed by atoms with E-state index in [0.717, 1.165) is 11.6 Å². The molecule has 2 rings (SSSR count). The smallest absolute Gasteiger partial charge is 0.270 e. The van der Waals surface area contributed by atoms with Gasteiger partial charge < -0.3 is 5.32 Å². The molecule has 2 aromatic rings. The van der Waals surface area contributed by atoms with Crippen LogP contribution in [0.2, 0.25) is 5.02 Å². The number of nitro benzene ring substituents is 1. The molecule has 0 aliphatic rings. The fourth-order valence-electron chi connectivity index (χ4n) is 1.84. The summed E-state index contributed by atoms with van der Waals surface area (Å²) in [4.78, 5) is 9.72. The molecular formula is C13H12ClN3O4S. The van der Waals surface area contributed by atoms with Crippen molar-refractivity contribution in [3.63, 3.8) is 0 Å². The van der Waals surface area contributed by atoms with E-state index in [4.69, 9.17) is 16.7 Å². The number of rotatable bonds is 5. The van der Waals surface area contributed by atoms with Crippen LogP contribution in [0.4, 0.5) is 11.4 Å². The monoisotopic (exact) mass is 341 g/mol. The first-order chi connectivity index (χ1) is 10.3. The highest BCUT2D eigenvalue weighted by molar-refractivity contribution is 7.89. The summed E-state index contributed by atoms with van der Waals surface area (Å²) in [7, 11) is -4.10. The molecule has 0 aliphatic heterocycles. The first-order valence-electron chi connectivity index (χ1n) is 6.07. The summed E-state index contributed by atoms with van der Waals surface area (Å²) in [5, 5.41) is 19.3. The number of nitro groups is 1. The quantitative estimate of drug-likeness (QED) is 0.640. The second-order valence-electron chi connectivity index (χ2n) is 4.43. The molecule has 0 aliphatic carbocycles. The maximum Gasteiger partial charge on any atom is 0.270 e. The van der Waals surface area contributed by atoms with Crippen LogP contribution >= 0.6 is 11.6 Å². The Morgan fingerprint density at radius 1 is 1.23 bits per heavy atom. The molecule has 0 heterocycles. The highest BCUT2D eigenvalue weighted by Crippen LogP contribution is 2.26. The molecule has 0 radical (unpaired) electrons. The zero-order valence-electron chi connectivity index (χ0n) is 11.2. The van der Waals surface area contributed by atoms with Gasteiger partial charge in [-0.05, 0) is 17.7 Å². The van der Waals surface area contributed by atoms with Gasteiger partial charge in [0.1, 0.15) is 4.90 Å². The predicted molar refractivity (Wildman–Crippen MR) is 83.2 cm³/mol. The molecule has 0 amide bonds. The van der Waals surface area contributed by atoms with Gasteiger partial charge in [0, 0.05) is 23.7 Å². The minimum atomic E-state index is -4.10. The molecule has 0 spiro atoms. The van der Waals surface area contributed by atoms with Gasteiger partial charge >= 0.3 is 0 Å². The highest BCUT2D eigenvalue weighted by atomic mass is 35.5. The summed E-state index contributed by atoms with van der Waals surface area (Å²) < 4.78 is 23.2. The third-order valence-electron chi connectivity index (χ3n) is 2.91. The van der Waals surface area contributed by atoms with Crippen LogP contribution in [0.5, 0.6) is 0 Å². The number of sulfonamides is 1. The van der Waals surface area contributed by atoms with Crippen molar-refractivity contribution in [3.8, 4) is 0 Å². The van der Waals surface area contributed by atoms with Crippen molar-refractivity contribution < 1.29 is 13.3 Å². The number of benzene rings is 2. The molecule has 0 unspecified atom stereocenters. The van der Waals surface area contributed by atoms with Crippen LogP contribution in [-0.4, -0.2) is 13.3 Å². The number of nitrogens with zero attached hydrogens (tertiary/aromatic N) is 1. The fraction of sp³-hybridized carbons (Fsp3) is 0.0769. The molecule has 0 fully saturated rings. The number of halogens is 1. The average Bonchev–Trinajstić information content (AvgIpc) is 2.45. The first kappa shape index (κ1) is 16.2. The van der Waals surface area contributed by atoms with Gasteiger partial charge in [0.15, 0.2) is 0 Å². The summed E-state index contributed by atoms with van der Waals surface area (Å²) >= 11 is 6.01. The molecule has 3 N–H and O–H groups in total. The van der Waals surface area contributed by atoms with Crippen LogP contribution < -0.4 is 10.5 Å². The van der Waals surface area contributed by atoms with Gasteiger partial charge in [0.05, 0.1) is 10.6 Å². The van der Waals surface area contributed by atoms with Crippen molar-refractivity contribution in [3.05, 3.63) is 63.2 Å². The van der Waals surface area contributed by atoms with Crippen molar-refractivity contribution in [1.82, 2.24) is 0 Å². The molecule has 0 atom stereocenters. The Balaban J connectivity index is 2.35. The number of hydrogen-bond acceptors (Lipinski definition) is 5. The van der Waals surface area contributed by atoms with Crippen molar-refractivity contribution in [2.45, 2.75) is 11.4 Å². The van der Waals surface area contributed by atoms with Crippen molar-refractivity contribution in [2.24, 2.45) is 5.14 Å². The largest absolute Gasteiger partial charge is 0.380 e. The van der Waals surface area contributed by atoms with E-state index in [0.29, 0.717) is 5.02 Å². The summed E-state index contributed by atoms with van der Waals surface area (Å²) in [6, 6.07) is 10.5. The third-order valence-corrected chi connectivity index (χ3v) is 4.23. The predicted octanol–water partition coefficient (Wildman–Crippen LogP) is 2.51. The lowest BCUT2D eigenvalue weighted by molar-refractivity contribution is -0.385. The van der Waals surface area contributed by atoms with Crippen molar-refractivity contribution in [2.75, 3.05) is 5.32 Å². The summed E-state index contributed by atoms with van der Waals surface area (Å²) in [5.41, 5.74) is 0.572. The summed E-state index contributed by atoms with van der Waals surface area (Å²) in [6.07, 6.45) is 0. The van der Waals surface area contributed by atoms with Crippen LogP contribution in [0.25, 0.3) is 0 Å². The van der Waals surface area contributed by atoms with Gasteiger partial charge in [0.25, 0.3) is 5.69 Å². The van der Waals surface area contributed by atoms with Gasteiger partial charge in [-0.15, -0.1) is 0 Å². The normalized spacial score (nSPS) is 11.2. The topological polar surface area (TPSA) is 115 Å². The van der Waals surface area contributed by atoms with E-state index in [9.17, 15) is 18.5 Å². The van der Waals surface area contributed by atoms with Crippen LogP contribution in [-0.2, 0) is 16.6 Å². The van der Waals surface area contributed by atoms with Crippen LogP contribution in [0.1, 0.15) is 5.56 Å². The number of non-ortho nitro benzene ring substituents is 1. The Morgan fingerprint density at radius 3 is 2.50 bits per heavy atom. The van der Waals surface area contributed by atoms with E-state index in [-0.39, 0.29) is 22.8 Å². The van der Waals surface area contributed by atoms with Crippen LogP contribution in [0, 0.1) is 10.1 Å². The van der Waals surface area contributed by atoms with E-state index in [2.05, 4.69) is 5.32 Å². The SMILES string of the molecule is NS(=O)(=O)c1cc([N+](=O)[O-])ccc1NCc1ccccc1Cl. The molecule has 7 nitrogen and oxygen atoms in total. The minimum Gasteiger partial charge on any atom is -0.380 e. The third kappa shape index (κ3) is 3.73. The first-order valence-corrected chi connectivity index (χ1v) is 8.00. The summed E-state index contributed by atoms with van der Waals surface area (Å²) in [5.74, 6) is 0. The number of anilines is 1. The molecule has 2 aromatic carbocycles. The molecule has 0 saturated heterocycles. The van der Waals surface area contributed by atoms with Crippen LogP contribution in [0.15, 0.2) is 47.4 Å². The molecular weight excluding hydrogens is 330 g/mol. The molecule has 0 aromatic heterocycles.